The normalized spacial score (nSPS) is 11.3. The number of ether oxygens (including phenoxy) is 1. The molecule has 0 fully saturated rings. The van der Waals surface area contributed by atoms with Gasteiger partial charge in [-0.1, -0.05) is 23.4 Å². The number of amides is 1. The molecule has 2 aromatic heterocycles. The molecule has 28 heavy (non-hydrogen) atoms. The third kappa shape index (κ3) is 4.40. The highest BCUT2D eigenvalue weighted by Gasteiger charge is 2.29. The molecule has 0 bridgehead atoms. The largest absolute Gasteiger partial charge is 0.483 e. The lowest BCUT2D eigenvalue weighted by Crippen LogP contribution is -2.19. The number of aromatic nitrogens is 2. The third-order valence-corrected chi connectivity index (χ3v) is 3.73. The summed E-state index contributed by atoms with van der Waals surface area (Å²) < 4.78 is 47.0. The van der Waals surface area contributed by atoms with E-state index in [9.17, 15) is 18.0 Å². The summed E-state index contributed by atoms with van der Waals surface area (Å²) in [5.41, 5.74) is 7.34. The maximum absolute atomic E-state index is 12.5. The number of alkyl halides is 3. The minimum Gasteiger partial charge on any atom is -0.483 e. The van der Waals surface area contributed by atoms with Gasteiger partial charge in [-0.15, -0.1) is 0 Å². The quantitative estimate of drug-likeness (QED) is 0.684. The Labute approximate surface area is 157 Å². The summed E-state index contributed by atoms with van der Waals surface area (Å²) in [5.74, 6) is -0.277. The van der Waals surface area contributed by atoms with Gasteiger partial charge in [-0.2, -0.15) is 13.2 Å². The van der Waals surface area contributed by atoms with E-state index in [1.807, 2.05) is 0 Å². The molecule has 0 atom stereocenters. The summed E-state index contributed by atoms with van der Waals surface area (Å²) >= 11 is 0. The number of para-hydroxylation sites is 1. The standard InChI is InChI=1S/C18H15F3N4O3/c1-10-13(8-28-25-10)17(26)24-15-7-6-12(16(22)23-15)11-4-2-3-5-14(11)27-9-18(19,20)21/h2-8H,9H2,1H3,(H3,22,23,24,26). The maximum atomic E-state index is 12.5. The van der Waals surface area contributed by atoms with Crippen molar-refractivity contribution in [3.63, 3.8) is 0 Å². The predicted molar refractivity (Wildman–Crippen MR) is 94.8 cm³/mol. The molecule has 1 aromatic carbocycles. The van der Waals surface area contributed by atoms with Crippen molar-refractivity contribution in [3.8, 4) is 16.9 Å². The fraction of sp³-hybridized carbons (Fsp3) is 0.167. The molecule has 1 amide bonds. The van der Waals surface area contributed by atoms with Crippen molar-refractivity contribution < 1.29 is 27.2 Å². The Hall–Kier alpha value is -3.56. The van der Waals surface area contributed by atoms with Crippen LogP contribution in [0.2, 0.25) is 0 Å². The summed E-state index contributed by atoms with van der Waals surface area (Å²) in [4.78, 5) is 16.3. The molecule has 7 nitrogen and oxygen atoms in total. The van der Waals surface area contributed by atoms with Crippen LogP contribution in [0.3, 0.4) is 0 Å². The monoisotopic (exact) mass is 392 g/mol. The van der Waals surface area contributed by atoms with Gasteiger partial charge in [-0.3, -0.25) is 4.79 Å². The van der Waals surface area contributed by atoms with E-state index in [4.69, 9.17) is 15.0 Å². The van der Waals surface area contributed by atoms with Crippen LogP contribution >= 0.6 is 0 Å². The number of nitrogens with zero attached hydrogens (tertiary/aromatic N) is 2. The van der Waals surface area contributed by atoms with Crippen molar-refractivity contribution in [2.45, 2.75) is 13.1 Å². The van der Waals surface area contributed by atoms with Crippen LogP contribution in [0.15, 0.2) is 47.2 Å². The summed E-state index contributed by atoms with van der Waals surface area (Å²) in [6.07, 6.45) is -3.26. The molecule has 0 aliphatic rings. The van der Waals surface area contributed by atoms with E-state index in [1.54, 1.807) is 25.1 Å². The summed E-state index contributed by atoms with van der Waals surface area (Å²) in [6.45, 7) is 0.185. The van der Waals surface area contributed by atoms with Crippen molar-refractivity contribution in [3.05, 3.63) is 53.9 Å². The molecule has 0 aliphatic carbocycles. The first-order valence-electron chi connectivity index (χ1n) is 8.02. The van der Waals surface area contributed by atoms with E-state index >= 15 is 0 Å². The first-order chi connectivity index (χ1) is 13.2. The Kier molecular flexibility index (Phi) is 5.21. The zero-order valence-corrected chi connectivity index (χ0v) is 14.6. The number of nitrogens with one attached hydrogen (secondary N) is 1. The van der Waals surface area contributed by atoms with Gasteiger partial charge in [0, 0.05) is 11.1 Å². The van der Waals surface area contributed by atoms with Gasteiger partial charge < -0.3 is 20.3 Å². The number of nitrogen functional groups attached to an aromatic ring is 1. The average Bonchev–Trinajstić information content (AvgIpc) is 3.06. The number of rotatable bonds is 5. The molecule has 0 saturated heterocycles. The Morgan fingerprint density at radius 3 is 2.61 bits per heavy atom. The van der Waals surface area contributed by atoms with E-state index in [-0.39, 0.29) is 22.9 Å². The van der Waals surface area contributed by atoms with Crippen LogP contribution in [0.4, 0.5) is 24.8 Å². The van der Waals surface area contributed by atoms with Gasteiger partial charge in [-0.05, 0) is 25.1 Å². The molecule has 3 rings (SSSR count). The second-order valence-electron chi connectivity index (χ2n) is 5.80. The molecule has 10 heteroatoms. The number of carbonyl (C=O) groups excluding carboxylic acids is 1. The number of benzene rings is 1. The van der Waals surface area contributed by atoms with Crippen molar-refractivity contribution >= 4 is 17.5 Å². The van der Waals surface area contributed by atoms with Gasteiger partial charge in [0.1, 0.15) is 29.2 Å². The molecule has 146 valence electrons. The smallest absolute Gasteiger partial charge is 0.422 e. The van der Waals surface area contributed by atoms with Gasteiger partial charge in [-0.25, -0.2) is 4.98 Å². The van der Waals surface area contributed by atoms with E-state index in [1.165, 1.54) is 24.5 Å². The maximum Gasteiger partial charge on any atom is 0.422 e. The van der Waals surface area contributed by atoms with Crippen LogP contribution < -0.4 is 15.8 Å². The van der Waals surface area contributed by atoms with Crippen molar-refractivity contribution in [1.29, 1.82) is 0 Å². The number of halogens is 3. The average molecular weight is 392 g/mol. The second kappa shape index (κ2) is 7.59. The zero-order chi connectivity index (χ0) is 20.3. The predicted octanol–water partition coefficient (Wildman–Crippen LogP) is 3.82. The molecule has 0 aliphatic heterocycles. The highest BCUT2D eigenvalue weighted by molar-refractivity contribution is 6.04. The van der Waals surface area contributed by atoms with Gasteiger partial charge in [0.05, 0.1) is 5.69 Å². The molecule has 0 radical (unpaired) electrons. The van der Waals surface area contributed by atoms with Gasteiger partial charge in [0.25, 0.3) is 5.91 Å². The van der Waals surface area contributed by atoms with Crippen LogP contribution in [0, 0.1) is 6.92 Å². The van der Waals surface area contributed by atoms with Crippen molar-refractivity contribution in [2.24, 2.45) is 0 Å². The molecule has 3 aromatic rings. The molecule has 0 unspecified atom stereocenters. The number of carbonyl (C=O) groups is 1. The highest BCUT2D eigenvalue weighted by Crippen LogP contribution is 2.34. The van der Waals surface area contributed by atoms with Crippen LogP contribution in [-0.4, -0.2) is 28.8 Å². The molecule has 0 spiro atoms. The van der Waals surface area contributed by atoms with Gasteiger partial charge >= 0.3 is 6.18 Å². The first-order valence-corrected chi connectivity index (χ1v) is 8.02. The Bertz CT molecular complexity index is 1000. The van der Waals surface area contributed by atoms with Crippen LogP contribution in [0.1, 0.15) is 16.1 Å². The summed E-state index contributed by atoms with van der Waals surface area (Å²) in [6, 6.07) is 9.18. The minimum absolute atomic E-state index is 0.0166. The fourth-order valence-electron chi connectivity index (χ4n) is 2.44. The topological polar surface area (TPSA) is 103 Å². The number of hydrogen-bond donors (Lipinski definition) is 2. The summed E-state index contributed by atoms with van der Waals surface area (Å²) in [7, 11) is 0. The van der Waals surface area contributed by atoms with Crippen molar-refractivity contribution in [1.82, 2.24) is 10.1 Å². The number of aryl methyl sites for hydroxylation is 1. The number of hydrogen-bond acceptors (Lipinski definition) is 6. The number of anilines is 2. The molecular formula is C18H15F3N4O3. The molecule has 0 saturated carbocycles. The highest BCUT2D eigenvalue weighted by atomic mass is 19.4. The first kappa shape index (κ1) is 19.2. The fourth-order valence-corrected chi connectivity index (χ4v) is 2.44. The molecular weight excluding hydrogens is 377 g/mol. The molecule has 2 heterocycles. The lowest BCUT2D eigenvalue weighted by Gasteiger charge is -2.14. The third-order valence-electron chi connectivity index (χ3n) is 3.73. The molecule has 3 N–H and O–H groups in total. The minimum atomic E-state index is -4.47. The Morgan fingerprint density at radius 1 is 1.21 bits per heavy atom. The zero-order valence-electron chi connectivity index (χ0n) is 14.6. The number of nitrogens with two attached hydrogens (primary N) is 1. The van der Waals surface area contributed by atoms with E-state index in [0.29, 0.717) is 16.8 Å². The van der Waals surface area contributed by atoms with E-state index < -0.39 is 18.7 Å². The van der Waals surface area contributed by atoms with Crippen LogP contribution in [0.5, 0.6) is 5.75 Å². The Balaban J connectivity index is 1.83. The SMILES string of the molecule is Cc1nocc1C(=O)Nc1ccc(-c2ccccc2OCC(F)(F)F)c(N)n1. The second-order valence-corrected chi connectivity index (χ2v) is 5.80. The van der Waals surface area contributed by atoms with Crippen LogP contribution in [-0.2, 0) is 0 Å². The van der Waals surface area contributed by atoms with Crippen molar-refractivity contribution in [2.75, 3.05) is 17.7 Å². The Morgan fingerprint density at radius 2 is 1.96 bits per heavy atom. The van der Waals surface area contributed by atoms with Gasteiger partial charge in [0.2, 0.25) is 0 Å². The summed E-state index contributed by atoms with van der Waals surface area (Å²) in [5, 5.41) is 6.17. The lowest BCUT2D eigenvalue weighted by atomic mass is 10.1. The van der Waals surface area contributed by atoms with Crippen LogP contribution in [0.25, 0.3) is 11.1 Å². The number of pyridine rings is 1. The van der Waals surface area contributed by atoms with E-state index in [2.05, 4.69) is 15.5 Å². The van der Waals surface area contributed by atoms with Gasteiger partial charge in [0.15, 0.2) is 6.61 Å². The lowest BCUT2D eigenvalue weighted by molar-refractivity contribution is -0.153. The van der Waals surface area contributed by atoms with E-state index in [0.717, 1.165) is 0 Å².